The SMILES string of the molecule is N#CC(c1ccccc1)c1cn2cc(Cl)ccc2n1. The predicted molar refractivity (Wildman–Crippen MR) is 74.1 cm³/mol. The molecule has 3 rings (SSSR count). The summed E-state index contributed by atoms with van der Waals surface area (Å²) < 4.78 is 1.84. The van der Waals surface area contributed by atoms with Crippen LogP contribution in [-0.2, 0) is 0 Å². The lowest BCUT2D eigenvalue weighted by Gasteiger charge is -2.05. The molecule has 1 unspecified atom stereocenters. The lowest BCUT2D eigenvalue weighted by atomic mass is 9.98. The smallest absolute Gasteiger partial charge is 0.137 e. The predicted octanol–water partition coefficient (Wildman–Crippen LogP) is 3.64. The molecule has 3 nitrogen and oxygen atoms in total. The van der Waals surface area contributed by atoms with Crippen molar-refractivity contribution in [3.8, 4) is 6.07 Å². The second-order valence-corrected chi connectivity index (χ2v) is 4.69. The van der Waals surface area contributed by atoms with Gasteiger partial charge in [0.2, 0.25) is 0 Å². The average molecular weight is 268 g/mol. The van der Waals surface area contributed by atoms with Crippen LogP contribution >= 0.6 is 11.6 Å². The van der Waals surface area contributed by atoms with Crippen molar-refractivity contribution in [2.75, 3.05) is 0 Å². The molecule has 0 amide bonds. The number of hydrogen-bond donors (Lipinski definition) is 0. The van der Waals surface area contributed by atoms with E-state index in [0.717, 1.165) is 16.9 Å². The lowest BCUT2D eigenvalue weighted by molar-refractivity contribution is 0.987. The highest BCUT2D eigenvalue weighted by molar-refractivity contribution is 6.30. The van der Waals surface area contributed by atoms with Crippen LogP contribution in [0.5, 0.6) is 0 Å². The van der Waals surface area contributed by atoms with Gasteiger partial charge in [-0.2, -0.15) is 5.26 Å². The Kier molecular flexibility index (Phi) is 2.94. The molecular formula is C15H10ClN3. The van der Waals surface area contributed by atoms with Gasteiger partial charge in [0, 0.05) is 12.4 Å². The van der Waals surface area contributed by atoms with Gasteiger partial charge in [0.1, 0.15) is 11.6 Å². The number of benzene rings is 1. The van der Waals surface area contributed by atoms with Crippen LogP contribution in [0, 0.1) is 11.3 Å². The minimum Gasteiger partial charge on any atom is -0.305 e. The zero-order valence-electron chi connectivity index (χ0n) is 9.99. The van der Waals surface area contributed by atoms with Gasteiger partial charge in [-0.1, -0.05) is 41.9 Å². The van der Waals surface area contributed by atoms with Crippen LogP contribution in [0.1, 0.15) is 17.2 Å². The maximum Gasteiger partial charge on any atom is 0.137 e. The monoisotopic (exact) mass is 267 g/mol. The van der Waals surface area contributed by atoms with Gasteiger partial charge < -0.3 is 4.40 Å². The molecule has 1 atom stereocenters. The highest BCUT2D eigenvalue weighted by Crippen LogP contribution is 2.24. The van der Waals surface area contributed by atoms with E-state index >= 15 is 0 Å². The van der Waals surface area contributed by atoms with Gasteiger partial charge >= 0.3 is 0 Å². The number of nitriles is 1. The van der Waals surface area contributed by atoms with E-state index in [9.17, 15) is 5.26 Å². The third kappa shape index (κ3) is 2.18. The number of halogens is 1. The Morgan fingerprint density at radius 2 is 1.89 bits per heavy atom. The maximum atomic E-state index is 9.39. The number of hydrogen-bond acceptors (Lipinski definition) is 2. The maximum absolute atomic E-state index is 9.39. The molecule has 19 heavy (non-hydrogen) atoms. The van der Waals surface area contributed by atoms with Gasteiger partial charge in [-0.15, -0.1) is 0 Å². The highest BCUT2D eigenvalue weighted by Gasteiger charge is 2.16. The fourth-order valence-corrected chi connectivity index (χ4v) is 2.25. The third-order valence-electron chi connectivity index (χ3n) is 2.99. The summed E-state index contributed by atoms with van der Waals surface area (Å²) in [6, 6.07) is 15.6. The summed E-state index contributed by atoms with van der Waals surface area (Å²) >= 11 is 5.94. The molecule has 0 aliphatic carbocycles. The van der Waals surface area contributed by atoms with E-state index in [1.54, 1.807) is 12.3 Å². The van der Waals surface area contributed by atoms with Gasteiger partial charge in [0.25, 0.3) is 0 Å². The second-order valence-electron chi connectivity index (χ2n) is 4.25. The molecule has 0 fully saturated rings. The average Bonchev–Trinajstić information content (AvgIpc) is 2.83. The van der Waals surface area contributed by atoms with E-state index in [0.29, 0.717) is 5.02 Å². The van der Waals surface area contributed by atoms with Crippen LogP contribution in [0.25, 0.3) is 5.65 Å². The van der Waals surface area contributed by atoms with Gasteiger partial charge in [0.05, 0.1) is 16.8 Å². The molecule has 0 bridgehead atoms. The van der Waals surface area contributed by atoms with E-state index in [1.165, 1.54) is 0 Å². The Hall–Kier alpha value is -2.31. The van der Waals surface area contributed by atoms with E-state index in [2.05, 4.69) is 11.1 Å². The van der Waals surface area contributed by atoms with E-state index in [4.69, 9.17) is 11.6 Å². The Morgan fingerprint density at radius 1 is 1.11 bits per heavy atom. The largest absolute Gasteiger partial charge is 0.305 e. The first-order valence-corrected chi connectivity index (χ1v) is 6.24. The van der Waals surface area contributed by atoms with Crippen molar-refractivity contribution >= 4 is 17.2 Å². The van der Waals surface area contributed by atoms with Crippen molar-refractivity contribution in [2.45, 2.75) is 5.92 Å². The Morgan fingerprint density at radius 3 is 2.63 bits per heavy atom. The number of fused-ring (bicyclic) bond motifs is 1. The van der Waals surface area contributed by atoms with Crippen molar-refractivity contribution in [1.29, 1.82) is 5.26 Å². The summed E-state index contributed by atoms with van der Waals surface area (Å²) in [5, 5.41) is 10.0. The van der Waals surface area contributed by atoms with Crippen LogP contribution in [0.2, 0.25) is 5.02 Å². The molecule has 4 heteroatoms. The number of pyridine rings is 1. The zero-order valence-corrected chi connectivity index (χ0v) is 10.7. The van der Waals surface area contributed by atoms with Crippen LogP contribution in [-0.4, -0.2) is 9.38 Å². The molecule has 3 aromatic rings. The summed E-state index contributed by atoms with van der Waals surface area (Å²) in [4.78, 5) is 4.48. The van der Waals surface area contributed by atoms with Crippen molar-refractivity contribution in [3.05, 3.63) is 71.1 Å². The molecule has 0 aliphatic rings. The summed E-state index contributed by atoms with van der Waals surface area (Å²) in [6.45, 7) is 0. The fraction of sp³-hybridized carbons (Fsp3) is 0.0667. The molecule has 0 N–H and O–H groups in total. The first-order valence-electron chi connectivity index (χ1n) is 5.86. The van der Waals surface area contributed by atoms with Gasteiger partial charge in [0.15, 0.2) is 0 Å². The normalized spacial score (nSPS) is 12.2. The number of imidazole rings is 1. The molecule has 2 heterocycles. The highest BCUT2D eigenvalue weighted by atomic mass is 35.5. The molecule has 92 valence electrons. The Bertz CT molecular complexity index is 756. The minimum atomic E-state index is -0.361. The molecule has 1 aromatic carbocycles. The second kappa shape index (κ2) is 4.75. The van der Waals surface area contributed by atoms with Crippen LogP contribution in [0.15, 0.2) is 54.9 Å². The van der Waals surface area contributed by atoms with Crippen LogP contribution < -0.4 is 0 Å². The van der Waals surface area contributed by atoms with Gasteiger partial charge in [-0.05, 0) is 17.7 Å². The first kappa shape index (κ1) is 11.8. The van der Waals surface area contributed by atoms with Crippen LogP contribution in [0.3, 0.4) is 0 Å². The van der Waals surface area contributed by atoms with Crippen molar-refractivity contribution in [2.24, 2.45) is 0 Å². The van der Waals surface area contributed by atoms with Crippen LogP contribution in [0.4, 0.5) is 0 Å². The van der Waals surface area contributed by atoms with E-state index in [-0.39, 0.29) is 5.92 Å². The fourth-order valence-electron chi connectivity index (χ4n) is 2.08. The molecule has 0 spiro atoms. The van der Waals surface area contributed by atoms with Crippen molar-refractivity contribution in [3.63, 3.8) is 0 Å². The Labute approximate surface area is 115 Å². The van der Waals surface area contributed by atoms with Gasteiger partial charge in [-0.25, -0.2) is 4.98 Å². The van der Waals surface area contributed by atoms with E-state index in [1.807, 2.05) is 47.0 Å². The van der Waals surface area contributed by atoms with Crippen molar-refractivity contribution in [1.82, 2.24) is 9.38 Å². The summed E-state index contributed by atoms with van der Waals surface area (Å²) in [7, 11) is 0. The Balaban J connectivity index is 2.10. The van der Waals surface area contributed by atoms with E-state index < -0.39 is 0 Å². The molecule has 0 radical (unpaired) electrons. The number of rotatable bonds is 2. The van der Waals surface area contributed by atoms with Gasteiger partial charge in [-0.3, -0.25) is 0 Å². The first-order chi connectivity index (χ1) is 9.28. The minimum absolute atomic E-state index is 0.361. The van der Waals surface area contributed by atoms with Crippen molar-refractivity contribution < 1.29 is 0 Å². The molecule has 0 aliphatic heterocycles. The lowest BCUT2D eigenvalue weighted by Crippen LogP contribution is -1.97. The molecule has 0 saturated carbocycles. The summed E-state index contributed by atoms with van der Waals surface area (Å²) in [5.41, 5.74) is 2.46. The molecular weight excluding hydrogens is 258 g/mol. The standard InChI is InChI=1S/C15H10ClN3/c16-12-6-7-15-18-14(10-19(15)9-12)13(8-17)11-4-2-1-3-5-11/h1-7,9-10,13H. The number of aromatic nitrogens is 2. The summed E-state index contributed by atoms with van der Waals surface area (Å²) in [6.07, 6.45) is 3.63. The molecule has 2 aromatic heterocycles. The zero-order chi connectivity index (χ0) is 13.2. The third-order valence-corrected chi connectivity index (χ3v) is 3.21. The topological polar surface area (TPSA) is 41.1 Å². The summed E-state index contributed by atoms with van der Waals surface area (Å²) in [5.74, 6) is -0.361. The number of nitrogens with zero attached hydrogens (tertiary/aromatic N) is 3. The molecule has 0 saturated heterocycles. The quantitative estimate of drug-likeness (QED) is 0.711.